The zero-order valence-electron chi connectivity index (χ0n) is 10.5. The summed E-state index contributed by atoms with van der Waals surface area (Å²) in [5.41, 5.74) is 1.07. The number of aromatic nitrogens is 2. The first-order valence-corrected chi connectivity index (χ1v) is 6.53. The Morgan fingerprint density at radius 3 is 2.94 bits per heavy atom. The molecule has 2 heterocycles. The average Bonchev–Trinajstić information content (AvgIpc) is 2.39. The van der Waals surface area contributed by atoms with Crippen LogP contribution in [-0.4, -0.2) is 29.7 Å². The third-order valence-electron chi connectivity index (χ3n) is 3.13. The number of hydrogen-bond donors (Lipinski definition) is 1. The Morgan fingerprint density at radius 2 is 2.18 bits per heavy atom. The third kappa shape index (κ3) is 3.97. The van der Waals surface area contributed by atoms with Crippen LogP contribution in [0.4, 0.5) is 0 Å². The van der Waals surface area contributed by atoms with Crippen molar-refractivity contribution < 1.29 is 4.74 Å². The van der Waals surface area contributed by atoms with Crippen LogP contribution in [0.1, 0.15) is 31.9 Å². The van der Waals surface area contributed by atoms with Crippen LogP contribution in [0.2, 0.25) is 0 Å². The van der Waals surface area contributed by atoms with E-state index in [-0.39, 0.29) is 0 Å². The molecule has 1 N–H and O–H groups in total. The van der Waals surface area contributed by atoms with E-state index in [0.717, 1.165) is 44.1 Å². The van der Waals surface area contributed by atoms with Crippen LogP contribution in [0.15, 0.2) is 12.4 Å². The first kappa shape index (κ1) is 12.3. The first-order valence-electron chi connectivity index (χ1n) is 6.53. The Bertz CT molecular complexity index is 337. The molecule has 1 fully saturated rings. The van der Waals surface area contributed by atoms with Gasteiger partial charge in [0.25, 0.3) is 0 Å². The second-order valence-electron chi connectivity index (χ2n) is 4.60. The minimum absolute atomic E-state index is 0.667. The van der Waals surface area contributed by atoms with Gasteiger partial charge in [0.05, 0.1) is 6.61 Å². The molecule has 1 aromatic heterocycles. The molecule has 0 radical (unpaired) electrons. The van der Waals surface area contributed by atoms with Gasteiger partial charge in [0.1, 0.15) is 6.33 Å². The Labute approximate surface area is 103 Å². The van der Waals surface area contributed by atoms with E-state index < -0.39 is 0 Å². The molecule has 0 spiro atoms. The van der Waals surface area contributed by atoms with E-state index in [1.54, 1.807) is 6.33 Å². The summed E-state index contributed by atoms with van der Waals surface area (Å²) in [5, 5.41) is 3.36. The summed E-state index contributed by atoms with van der Waals surface area (Å²) in [6.07, 6.45) is 6.10. The van der Waals surface area contributed by atoms with E-state index >= 15 is 0 Å². The van der Waals surface area contributed by atoms with Crippen molar-refractivity contribution in [1.82, 2.24) is 15.3 Å². The summed E-state index contributed by atoms with van der Waals surface area (Å²) in [6.45, 7) is 5.15. The van der Waals surface area contributed by atoms with Crippen molar-refractivity contribution in [2.24, 2.45) is 5.92 Å². The number of nitrogens with zero attached hydrogens (tertiary/aromatic N) is 2. The van der Waals surface area contributed by atoms with Crippen molar-refractivity contribution in [2.75, 3.05) is 19.7 Å². The number of piperidine rings is 1. The Morgan fingerprint density at radius 1 is 1.35 bits per heavy atom. The van der Waals surface area contributed by atoms with Gasteiger partial charge in [0, 0.05) is 11.8 Å². The minimum Gasteiger partial charge on any atom is -0.477 e. The number of ether oxygens (including phenoxy) is 1. The van der Waals surface area contributed by atoms with Crippen LogP contribution in [0, 0.1) is 5.92 Å². The predicted octanol–water partition coefficient (Wildman–Crippen LogP) is 1.81. The summed E-state index contributed by atoms with van der Waals surface area (Å²) in [5.74, 6) is 1.39. The summed E-state index contributed by atoms with van der Waals surface area (Å²) in [7, 11) is 0. The van der Waals surface area contributed by atoms with Gasteiger partial charge in [-0.3, -0.25) is 0 Å². The second-order valence-corrected chi connectivity index (χ2v) is 4.60. The largest absolute Gasteiger partial charge is 0.477 e. The highest BCUT2D eigenvalue weighted by molar-refractivity contribution is 5.13. The van der Waals surface area contributed by atoms with Crippen molar-refractivity contribution in [1.29, 1.82) is 0 Å². The SMILES string of the molecule is CCCc1cc(OCC2CCNCC2)ncn1. The molecule has 0 atom stereocenters. The summed E-state index contributed by atoms with van der Waals surface area (Å²) in [4.78, 5) is 8.38. The molecule has 0 amide bonds. The average molecular weight is 235 g/mol. The molecular weight excluding hydrogens is 214 g/mol. The smallest absolute Gasteiger partial charge is 0.216 e. The van der Waals surface area contributed by atoms with Gasteiger partial charge in [-0.15, -0.1) is 0 Å². The van der Waals surface area contributed by atoms with Gasteiger partial charge in [-0.1, -0.05) is 13.3 Å². The highest BCUT2D eigenvalue weighted by atomic mass is 16.5. The van der Waals surface area contributed by atoms with Crippen LogP contribution in [0.25, 0.3) is 0 Å². The standard InChI is InChI=1S/C13H21N3O/c1-2-3-12-8-13(16-10-15-12)17-9-11-4-6-14-7-5-11/h8,10-11,14H,2-7,9H2,1H3. The molecule has 17 heavy (non-hydrogen) atoms. The first-order chi connectivity index (χ1) is 8.38. The molecule has 0 aliphatic carbocycles. The van der Waals surface area contributed by atoms with E-state index in [4.69, 9.17) is 4.74 Å². The lowest BCUT2D eigenvalue weighted by molar-refractivity contribution is 0.208. The third-order valence-corrected chi connectivity index (χ3v) is 3.13. The van der Waals surface area contributed by atoms with Gasteiger partial charge < -0.3 is 10.1 Å². The molecule has 0 aromatic carbocycles. The van der Waals surface area contributed by atoms with Crippen molar-refractivity contribution in [3.63, 3.8) is 0 Å². The molecular formula is C13H21N3O. The number of aryl methyl sites for hydroxylation is 1. The molecule has 0 bridgehead atoms. The van der Waals surface area contributed by atoms with Gasteiger partial charge in [-0.05, 0) is 38.3 Å². The van der Waals surface area contributed by atoms with Crippen molar-refractivity contribution in [3.8, 4) is 5.88 Å². The predicted molar refractivity (Wildman–Crippen MR) is 67.1 cm³/mol. The number of hydrogen-bond acceptors (Lipinski definition) is 4. The maximum Gasteiger partial charge on any atom is 0.216 e. The topological polar surface area (TPSA) is 47.0 Å². The lowest BCUT2D eigenvalue weighted by atomic mass is 9.99. The minimum atomic E-state index is 0.667. The van der Waals surface area contributed by atoms with Gasteiger partial charge in [0.2, 0.25) is 5.88 Å². The van der Waals surface area contributed by atoms with Crippen molar-refractivity contribution >= 4 is 0 Å². The lowest BCUT2D eigenvalue weighted by Crippen LogP contribution is -2.30. The fourth-order valence-corrected chi connectivity index (χ4v) is 2.10. The highest BCUT2D eigenvalue weighted by Crippen LogP contribution is 2.15. The molecule has 4 nitrogen and oxygen atoms in total. The van der Waals surface area contributed by atoms with Crippen molar-refractivity contribution in [3.05, 3.63) is 18.1 Å². The van der Waals surface area contributed by atoms with E-state index in [1.807, 2.05) is 6.07 Å². The molecule has 1 aliphatic rings. The molecule has 2 rings (SSSR count). The fraction of sp³-hybridized carbons (Fsp3) is 0.692. The van der Waals surface area contributed by atoms with Gasteiger partial charge in [0.15, 0.2) is 0 Å². The summed E-state index contributed by atoms with van der Waals surface area (Å²) >= 11 is 0. The molecule has 0 unspecified atom stereocenters. The Kier molecular flexibility index (Phi) is 4.74. The molecule has 1 aromatic rings. The molecule has 0 saturated carbocycles. The van der Waals surface area contributed by atoms with Crippen molar-refractivity contribution in [2.45, 2.75) is 32.6 Å². The van der Waals surface area contributed by atoms with E-state index in [0.29, 0.717) is 5.92 Å². The molecule has 94 valence electrons. The fourth-order valence-electron chi connectivity index (χ4n) is 2.10. The maximum atomic E-state index is 5.75. The maximum absolute atomic E-state index is 5.75. The highest BCUT2D eigenvalue weighted by Gasteiger charge is 2.13. The van der Waals surface area contributed by atoms with E-state index in [1.165, 1.54) is 12.8 Å². The zero-order valence-corrected chi connectivity index (χ0v) is 10.5. The van der Waals surface area contributed by atoms with Crippen LogP contribution in [0.5, 0.6) is 5.88 Å². The normalized spacial score (nSPS) is 17.0. The molecule has 4 heteroatoms. The monoisotopic (exact) mass is 235 g/mol. The second kappa shape index (κ2) is 6.55. The van der Waals surface area contributed by atoms with Gasteiger partial charge >= 0.3 is 0 Å². The Hall–Kier alpha value is -1.16. The van der Waals surface area contributed by atoms with Gasteiger partial charge in [-0.25, -0.2) is 9.97 Å². The lowest BCUT2D eigenvalue weighted by Gasteiger charge is -2.22. The zero-order chi connectivity index (χ0) is 11.9. The van der Waals surface area contributed by atoms with Crippen LogP contribution in [-0.2, 0) is 6.42 Å². The van der Waals surface area contributed by atoms with Crippen LogP contribution in [0.3, 0.4) is 0 Å². The van der Waals surface area contributed by atoms with Crippen LogP contribution < -0.4 is 10.1 Å². The van der Waals surface area contributed by atoms with Gasteiger partial charge in [-0.2, -0.15) is 0 Å². The quantitative estimate of drug-likeness (QED) is 0.845. The van der Waals surface area contributed by atoms with Crippen LogP contribution >= 0.6 is 0 Å². The summed E-state index contributed by atoms with van der Waals surface area (Å²) < 4.78 is 5.75. The molecule has 1 aliphatic heterocycles. The van der Waals surface area contributed by atoms with E-state index in [9.17, 15) is 0 Å². The summed E-state index contributed by atoms with van der Waals surface area (Å²) in [6, 6.07) is 1.96. The molecule has 1 saturated heterocycles. The number of rotatable bonds is 5. The van der Waals surface area contributed by atoms with E-state index in [2.05, 4.69) is 22.2 Å². The number of nitrogens with one attached hydrogen (secondary N) is 1. The Balaban J connectivity index is 1.83.